The van der Waals surface area contributed by atoms with Crippen molar-refractivity contribution in [2.45, 2.75) is 32.4 Å². The van der Waals surface area contributed by atoms with Crippen molar-refractivity contribution in [2.24, 2.45) is 11.7 Å². The minimum atomic E-state index is -2.86. The predicted octanol–water partition coefficient (Wildman–Crippen LogP) is 3.41. The lowest BCUT2D eigenvalue weighted by Gasteiger charge is -2.26. The smallest absolute Gasteiger partial charge is 0.387 e. The molecule has 2 heterocycles. The molecule has 0 saturated carbocycles. The van der Waals surface area contributed by atoms with Crippen LogP contribution in [0.15, 0.2) is 24.3 Å². The second kappa shape index (κ2) is 8.73. The van der Waals surface area contributed by atoms with E-state index in [0.29, 0.717) is 24.0 Å². The molecule has 6 nitrogen and oxygen atoms in total. The van der Waals surface area contributed by atoms with Crippen LogP contribution in [0.1, 0.15) is 17.7 Å². The van der Waals surface area contributed by atoms with Gasteiger partial charge in [-0.1, -0.05) is 0 Å². The summed E-state index contributed by atoms with van der Waals surface area (Å²) in [6.45, 7) is 0.262. The molecule has 27 heavy (non-hydrogen) atoms. The van der Waals surface area contributed by atoms with Crippen molar-refractivity contribution < 1.29 is 23.0 Å². The summed E-state index contributed by atoms with van der Waals surface area (Å²) >= 11 is 1.34. The Morgan fingerprint density at radius 1 is 1.33 bits per heavy atom. The molecule has 1 fully saturated rings. The van der Waals surface area contributed by atoms with Crippen LogP contribution in [0.2, 0.25) is 0 Å². The number of anilines is 1. The van der Waals surface area contributed by atoms with Crippen molar-refractivity contribution in [1.29, 1.82) is 0 Å². The van der Waals surface area contributed by atoms with E-state index >= 15 is 0 Å². The fraction of sp³-hybridized carbons (Fsp3) is 0.444. The van der Waals surface area contributed by atoms with E-state index in [1.54, 1.807) is 12.1 Å². The van der Waals surface area contributed by atoms with Crippen LogP contribution in [0.3, 0.4) is 0 Å². The molecule has 0 radical (unpaired) electrons. The average Bonchev–Trinajstić information content (AvgIpc) is 3.02. The van der Waals surface area contributed by atoms with Gasteiger partial charge in [0.2, 0.25) is 5.91 Å². The zero-order chi connectivity index (χ0) is 19.4. The van der Waals surface area contributed by atoms with Gasteiger partial charge in [0.15, 0.2) is 5.13 Å². The van der Waals surface area contributed by atoms with Crippen LogP contribution in [-0.4, -0.2) is 36.8 Å². The zero-order valence-corrected chi connectivity index (χ0v) is 15.6. The molecule has 0 aliphatic carbocycles. The molecule has 1 aliphatic heterocycles. The lowest BCUT2D eigenvalue weighted by Crippen LogP contribution is -2.43. The monoisotopic (exact) mass is 397 g/mol. The Kier molecular flexibility index (Phi) is 6.35. The minimum Gasteiger partial charge on any atom is -0.435 e. The van der Waals surface area contributed by atoms with Gasteiger partial charge in [-0.15, -0.1) is 11.3 Å². The number of halogens is 2. The molecule has 3 rings (SSSR count). The lowest BCUT2D eigenvalue weighted by atomic mass is 9.92. The van der Waals surface area contributed by atoms with Gasteiger partial charge in [-0.3, -0.25) is 4.79 Å². The number of hydrogen-bond acceptors (Lipinski definition) is 6. The number of aryl methyl sites for hydroxylation is 1. The van der Waals surface area contributed by atoms with Crippen molar-refractivity contribution in [2.75, 3.05) is 18.5 Å². The molecule has 9 heteroatoms. The third-order valence-electron chi connectivity index (χ3n) is 4.46. The fourth-order valence-electron chi connectivity index (χ4n) is 2.99. The van der Waals surface area contributed by atoms with Crippen LogP contribution in [-0.2, 0) is 9.53 Å². The topological polar surface area (TPSA) is 86.5 Å². The maximum absolute atomic E-state index is 12.4. The summed E-state index contributed by atoms with van der Waals surface area (Å²) in [4.78, 5) is 17.8. The van der Waals surface area contributed by atoms with E-state index in [4.69, 9.17) is 10.5 Å². The highest BCUT2D eigenvalue weighted by Gasteiger charge is 2.27. The van der Waals surface area contributed by atoms with Gasteiger partial charge in [0.25, 0.3) is 0 Å². The number of ether oxygens (including phenoxy) is 2. The van der Waals surface area contributed by atoms with Gasteiger partial charge in [-0.25, -0.2) is 4.98 Å². The van der Waals surface area contributed by atoms with Gasteiger partial charge in [0.05, 0.1) is 11.7 Å². The number of nitrogens with one attached hydrogen (secondary N) is 1. The minimum absolute atomic E-state index is 0.0811. The number of thiazole rings is 1. The maximum Gasteiger partial charge on any atom is 0.387 e. The van der Waals surface area contributed by atoms with Gasteiger partial charge in [-0.05, 0) is 49.9 Å². The van der Waals surface area contributed by atoms with Crippen molar-refractivity contribution in [3.8, 4) is 17.0 Å². The van der Waals surface area contributed by atoms with E-state index in [0.717, 1.165) is 23.3 Å². The summed E-state index contributed by atoms with van der Waals surface area (Å²) in [5.74, 6) is -0.0814. The fourth-order valence-corrected chi connectivity index (χ4v) is 3.83. The lowest BCUT2D eigenvalue weighted by molar-refractivity contribution is -0.119. The first-order chi connectivity index (χ1) is 12.9. The summed E-state index contributed by atoms with van der Waals surface area (Å²) in [5, 5.41) is 3.25. The molecule has 1 atom stereocenters. The number of aromatic nitrogens is 1. The van der Waals surface area contributed by atoms with Crippen LogP contribution in [0.25, 0.3) is 11.3 Å². The quantitative estimate of drug-likeness (QED) is 0.780. The number of hydrogen-bond donors (Lipinski definition) is 2. The largest absolute Gasteiger partial charge is 0.435 e. The summed E-state index contributed by atoms with van der Waals surface area (Å²) in [7, 11) is 0. The molecule has 1 saturated heterocycles. The molecule has 1 aliphatic rings. The average molecular weight is 397 g/mol. The van der Waals surface area contributed by atoms with Crippen LogP contribution in [0.4, 0.5) is 13.9 Å². The van der Waals surface area contributed by atoms with E-state index in [9.17, 15) is 13.6 Å². The van der Waals surface area contributed by atoms with Gasteiger partial charge in [0, 0.05) is 23.7 Å². The summed E-state index contributed by atoms with van der Waals surface area (Å²) in [5.41, 5.74) is 7.52. The molecular formula is C18H21F2N3O3S. The van der Waals surface area contributed by atoms with Crippen molar-refractivity contribution in [3.63, 3.8) is 0 Å². The van der Waals surface area contributed by atoms with Gasteiger partial charge in [-0.2, -0.15) is 8.78 Å². The van der Waals surface area contributed by atoms with Crippen LogP contribution >= 0.6 is 11.3 Å². The molecule has 2 aromatic rings. The second-order valence-electron chi connectivity index (χ2n) is 6.29. The van der Waals surface area contributed by atoms with Crippen molar-refractivity contribution >= 4 is 22.4 Å². The van der Waals surface area contributed by atoms with Crippen LogP contribution in [0.5, 0.6) is 5.75 Å². The first-order valence-electron chi connectivity index (χ1n) is 8.61. The highest BCUT2D eigenvalue weighted by molar-refractivity contribution is 7.16. The van der Waals surface area contributed by atoms with E-state index in [1.165, 1.54) is 23.5 Å². The van der Waals surface area contributed by atoms with Crippen molar-refractivity contribution in [3.05, 3.63) is 29.1 Å². The third-order valence-corrected chi connectivity index (χ3v) is 5.34. The molecule has 1 aromatic carbocycles. The molecular weight excluding hydrogens is 376 g/mol. The third kappa shape index (κ3) is 5.00. The zero-order valence-electron chi connectivity index (χ0n) is 14.8. The Hall–Kier alpha value is -2.10. The molecule has 146 valence electrons. The highest BCUT2D eigenvalue weighted by atomic mass is 32.1. The number of carbonyl (C=O) groups is 1. The van der Waals surface area contributed by atoms with Crippen LogP contribution in [0, 0.1) is 12.8 Å². The summed E-state index contributed by atoms with van der Waals surface area (Å²) in [6.07, 6.45) is 1.54. The first-order valence-corrected chi connectivity index (χ1v) is 9.42. The van der Waals surface area contributed by atoms with Gasteiger partial charge < -0.3 is 20.5 Å². The van der Waals surface area contributed by atoms with E-state index in [1.807, 2.05) is 6.92 Å². The maximum atomic E-state index is 12.4. The Morgan fingerprint density at radius 3 is 2.63 bits per heavy atom. The number of benzene rings is 1. The number of nitrogens with zero attached hydrogens (tertiary/aromatic N) is 1. The Bertz CT molecular complexity index is 777. The number of carbonyl (C=O) groups excluding carboxylic acids is 1. The number of rotatable bonds is 6. The van der Waals surface area contributed by atoms with E-state index in [-0.39, 0.29) is 17.6 Å². The van der Waals surface area contributed by atoms with Crippen molar-refractivity contribution in [1.82, 2.24) is 4.98 Å². The molecule has 1 unspecified atom stereocenters. The highest BCUT2D eigenvalue weighted by Crippen LogP contribution is 2.32. The Balaban J connectivity index is 1.67. The number of nitrogens with two attached hydrogens (primary N) is 1. The SMILES string of the molecule is Cc1sc(NC(=O)C(N)C2CCOCC2)nc1-c1ccc(OC(F)F)cc1. The summed E-state index contributed by atoms with van der Waals surface area (Å²) in [6, 6.07) is 5.62. The predicted molar refractivity (Wildman–Crippen MR) is 99.1 cm³/mol. The molecule has 0 bridgehead atoms. The van der Waals surface area contributed by atoms with E-state index < -0.39 is 12.7 Å². The first kappa shape index (κ1) is 19.7. The molecule has 3 N–H and O–H groups in total. The Labute approximate surface area is 159 Å². The Morgan fingerprint density at radius 2 is 2.00 bits per heavy atom. The molecule has 1 amide bonds. The standard InChI is InChI=1S/C18H21F2N3O3S/c1-10-15(12-2-4-13(5-3-12)26-17(19)20)22-18(27-10)23-16(24)14(21)11-6-8-25-9-7-11/h2-5,11,14,17H,6-9,21H2,1H3,(H,22,23,24). The van der Waals surface area contributed by atoms with Crippen LogP contribution < -0.4 is 15.8 Å². The normalized spacial score (nSPS) is 16.3. The molecule has 0 spiro atoms. The van der Waals surface area contributed by atoms with E-state index in [2.05, 4.69) is 15.0 Å². The van der Waals surface area contributed by atoms with Gasteiger partial charge >= 0.3 is 6.61 Å². The number of amides is 1. The number of alkyl halides is 2. The second-order valence-corrected chi connectivity index (χ2v) is 7.49. The van der Waals surface area contributed by atoms with Gasteiger partial charge in [0.1, 0.15) is 5.75 Å². The molecule has 1 aromatic heterocycles. The summed E-state index contributed by atoms with van der Waals surface area (Å²) < 4.78 is 34.1.